The maximum absolute atomic E-state index is 12.9. The average molecular weight is 461 g/mol. The van der Waals surface area contributed by atoms with Crippen LogP contribution in [-0.2, 0) is 17.4 Å². The number of hydrogen-bond acceptors (Lipinski definition) is 2. The van der Waals surface area contributed by atoms with Gasteiger partial charge in [-0.25, -0.2) is 0 Å². The molecular weight excluding hydrogens is 437 g/mol. The molecule has 1 amide bonds. The van der Waals surface area contributed by atoms with Crippen molar-refractivity contribution in [1.82, 2.24) is 10.6 Å². The van der Waals surface area contributed by atoms with Crippen molar-refractivity contribution in [3.63, 3.8) is 0 Å². The maximum atomic E-state index is 12.9. The van der Waals surface area contributed by atoms with E-state index in [9.17, 15) is 18.0 Å². The molecule has 0 aliphatic rings. The second-order valence-corrected chi connectivity index (χ2v) is 7.84. The Kier molecular flexibility index (Phi) is 7.94. The van der Waals surface area contributed by atoms with Crippen LogP contribution >= 0.6 is 11.6 Å². The Morgan fingerprint density at radius 1 is 0.938 bits per heavy atom. The van der Waals surface area contributed by atoms with Gasteiger partial charge in [-0.2, -0.15) is 13.2 Å². The van der Waals surface area contributed by atoms with Crippen LogP contribution in [0.4, 0.5) is 13.2 Å². The van der Waals surface area contributed by atoms with Crippen LogP contribution in [0.1, 0.15) is 40.8 Å². The lowest BCUT2D eigenvalue weighted by atomic mass is 9.96. The standard InChI is InChI=1S/C25H24ClF3N2O/c1-30-24(32)23(18-7-3-2-4-8-18)31-22(20-9-5-6-10-21(20)26)16-13-17-11-14-19(15-12-17)25(27,28)29/h2-12,14-15,22-23,31H,13,16H2,1H3,(H,30,32)/t22-,23+/m0/s1. The third-order valence-electron chi connectivity index (χ3n) is 5.29. The lowest BCUT2D eigenvalue weighted by Gasteiger charge is -2.26. The predicted molar refractivity (Wildman–Crippen MR) is 120 cm³/mol. The van der Waals surface area contributed by atoms with Gasteiger partial charge in [-0.1, -0.05) is 72.3 Å². The molecule has 3 aromatic rings. The van der Waals surface area contributed by atoms with E-state index in [2.05, 4.69) is 10.6 Å². The van der Waals surface area contributed by atoms with Crippen LogP contribution in [0.15, 0.2) is 78.9 Å². The molecule has 0 bridgehead atoms. The number of hydrogen-bond donors (Lipinski definition) is 2. The lowest BCUT2D eigenvalue weighted by Crippen LogP contribution is -2.38. The molecule has 0 aromatic heterocycles. The van der Waals surface area contributed by atoms with E-state index < -0.39 is 17.8 Å². The molecule has 0 fully saturated rings. The van der Waals surface area contributed by atoms with Crippen LogP contribution in [0.25, 0.3) is 0 Å². The highest BCUT2D eigenvalue weighted by Gasteiger charge is 2.30. The Hall–Kier alpha value is -2.83. The zero-order chi connectivity index (χ0) is 23.1. The number of carbonyl (C=O) groups is 1. The van der Waals surface area contributed by atoms with Crippen molar-refractivity contribution in [3.05, 3.63) is 106 Å². The Bertz CT molecular complexity index is 1020. The fourth-order valence-electron chi connectivity index (χ4n) is 3.57. The monoisotopic (exact) mass is 460 g/mol. The number of benzene rings is 3. The van der Waals surface area contributed by atoms with Gasteiger partial charge in [-0.3, -0.25) is 10.1 Å². The first-order valence-corrected chi connectivity index (χ1v) is 10.6. The topological polar surface area (TPSA) is 41.1 Å². The lowest BCUT2D eigenvalue weighted by molar-refractivity contribution is -0.137. The van der Waals surface area contributed by atoms with Gasteiger partial charge in [0.15, 0.2) is 0 Å². The second kappa shape index (κ2) is 10.7. The number of rotatable bonds is 8. The van der Waals surface area contributed by atoms with Gasteiger partial charge in [-0.05, 0) is 47.7 Å². The van der Waals surface area contributed by atoms with E-state index in [4.69, 9.17) is 11.6 Å². The van der Waals surface area contributed by atoms with E-state index in [0.717, 1.165) is 28.8 Å². The molecule has 168 valence electrons. The molecule has 0 radical (unpaired) electrons. The van der Waals surface area contributed by atoms with E-state index in [1.54, 1.807) is 13.1 Å². The zero-order valence-corrected chi connectivity index (χ0v) is 18.3. The van der Waals surface area contributed by atoms with E-state index in [0.29, 0.717) is 17.9 Å². The van der Waals surface area contributed by atoms with Gasteiger partial charge in [0, 0.05) is 18.1 Å². The number of aryl methyl sites for hydroxylation is 1. The van der Waals surface area contributed by atoms with E-state index in [1.165, 1.54) is 12.1 Å². The minimum atomic E-state index is -4.36. The van der Waals surface area contributed by atoms with Gasteiger partial charge in [0.1, 0.15) is 6.04 Å². The summed E-state index contributed by atoms with van der Waals surface area (Å²) in [6.07, 6.45) is -3.32. The minimum absolute atomic E-state index is 0.192. The third-order valence-corrected chi connectivity index (χ3v) is 5.64. The average Bonchev–Trinajstić information content (AvgIpc) is 2.79. The highest BCUT2D eigenvalue weighted by Crippen LogP contribution is 2.31. The first kappa shape index (κ1) is 23.8. The van der Waals surface area contributed by atoms with E-state index >= 15 is 0 Å². The van der Waals surface area contributed by atoms with Gasteiger partial charge < -0.3 is 5.32 Å². The number of alkyl halides is 3. The smallest absolute Gasteiger partial charge is 0.358 e. The fraction of sp³-hybridized carbons (Fsp3) is 0.240. The summed E-state index contributed by atoms with van der Waals surface area (Å²) in [5.41, 5.74) is 1.73. The maximum Gasteiger partial charge on any atom is 0.416 e. The molecule has 0 unspecified atom stereocenters. The zero-order valence-electron chi connectivity index (χ0n) is 17.5. The van der Waals surface area contributed by atoms with Crippen LogP contribution in [0.2, 0.25) is 5.02 Å². The molecule has 3 aromatic carbocycles. The number of likely N-dealkylation sites (N-methyl/N-ethyl adjacent to an activating group) is 1. The Balaban J connectivity index is 1.85. The molecular formula is C25H24ClF3N2O. The van der Waals surface area contributed by atoms with Crippen molar-refractivity contribution in [1.29, 1.82) is 0 Å². The van der Waals surface area contributed by atoms with Crippen molar-refractivity contribution in [2.75, 3.05) is 7.05 Å². The summed E-state index contributed by atoms with van der Waals surface area (Å²) in [5, 5.41) is 6.65. The molecule has 2 atom stereocenters. The van der Waals surface area contributed by atoms with E-state index in [1.807, 2.05) is 48.5 Å². The van der Waals surface area contributed by atoms with E-state index in [-0.39, 0.29) is 11.9 Å². The summed E-state index contributed by atoms with van der Waals surface area (Å²) < 4.78 is 38.6. The van der Waals surface area contributed by atoms with Crippen LogP contribution in [0.3, 0.4) is 0 Å². The summed E-state index contributed by atoms with van der Waals surface area (Å²) in [7, 11) is 1.58. The Labute approximate surface area is 190 Å². The molecule has 3 rings (SSSR count). The van der Waals surface area contributed by atoms with Crippen molar-refractivity contribution in [2.24, 2.45) is 0 Å². The molecule has 0 aliphatic carbocycles. The van der Waals surface area contributed by atoms with Gasteiger partial charge in [0.2, 0.25) is 5.91 Å². The molecule has 0 saturated heterocycles. The van der Waals surface area contributed by atoms with Crippen molar-refractivity contribution in [2.45, 2.75) is 31.1 Å². The quantitative estimate of drug-likeness (QED) is 0.426. The first-order chi connectivity index (χ1) is 15.3. The molecule has 7 heteroatoms. The highest BCUT2D eigenvalue weighted by atomic mass is 35.5. The van der Waals surface area contributed by atoms with Crippen LogP contribution in [-0.4, -0.2) is 13.0 Å². The number of amides is 1. The summed E-state index contributed by atoms with van der Waals surface area (Å²) >= 11 is 6.45. The molecule has 0 saturated carbocycles. The number of carbonyl (C=O) groups excluding carboxylic acids is 1. The van der Waals surface area contributed by atoms with Crippen LogP contribution < -0.4 is 10.6 Å². The third kappa shape index (κ3) is 6.11. The van der Waals surface area contributed by atoms with Crippen LogP contribution in [0.5, 0.6) is 0 Å². The Morgan fingerprint density at radius 2 is 1.56 bits per heavy atom. The normalized spacial score (nSPS) is 13.4. The molecule has 3 nitrogen and oxygen atoms in total. The molecule has 32 heavy (non-hydrogen) atoms. The molecule has 0 heterocycles. The first-order valence-electron chi connectivity index (χ1n) is 10.2. The van der Waals surface area contributed by atoms with Crippen molar-refractivity contribution in [3.8, 4) is 0 Å². The number of halogens is 4. The van der Waals surface area contributed by atoms with Crippen molar-refractivity contribution < 1.29 is 18.0 Å². The summed E-state index contributed by atoms with van der Waals surface area (Å²) in [6.45, 7) is 0. The predicted octanol–water partition coefficient (Wildman–Crippen LogP) is 6.11. The van der Waals surface area contributed by atoms with Gasteiger partial charge in [0.05, 0.1) is 5.56 Å². The summed E-state index contributed by atoms with van der Waals surface area (Å²) in [5.74, 6) is -0.192. The number of nitrogens with one attached hydrogen (secondary N) is 2. The Morgan fingerprint density at radius 3 is 2.16 bits per heavy atom. The highest BCUT2D eigenvalue weighted by molar-refractivity contribution is 6.31. The summed E-state index contributed by atoms with van der Waals surface area (Å²) in [4.78, 5) is 12.7. The van der Waals surface area contributed by atoms with Gasteiger partial charge in [-0.15, -0.1) is 0 Å². The fourth-order valence-corrected chi connectivity index (χ4v) is 3.84. The van der Waals surface area contributed by atoms with Gasteiger partial charge in [0.25, 0.3) is 0 Å². The molecule has 0 spiro atoms. The van der Waals surface area contributed by atoms with Crippen LogP contribution in [0, 0.1) is 0 Å². The van der Waals surface area contributed by atoms with Gasteiger partial charge >= 0.3 is 6.18 Å². The SMILES string of the molecule is CNC(=O)[C@H](N[C@@H](CCc1ccc(C(F)(F)F)cc1)c1ccccc1Cl)c1ccccc1. The molecule has 2 N–H and O–H groups in total. The summed E-state index contributed by atoms with van der Waals surface area (Å²) in [6, 6.07) is 20.9. The second-order valence-electron chi connectivity index (χ2n) is 7.43. The molecule has 0 aliphatic heterocycles. The minimum Gasteiger partial charge on any atom is -0.358 e. The largest absolute Gasteiger partial charge is 0.416 e. The van der Waals surface area contributed by atoms with Crippen molar-refractivity contribution >= 4 is 17.5 Å².